The molecule has 0 bridgehead atoms. The van der Waals surface area contributed by atoms with Crippen LogP contribution in [0.3, 0.4) is 0 Å². The molecule has 26 heavy (non-hydrogen) atoms. The van der Waals surface area contributed by atoms with Gasteiger partial charge in [0, 0.05) is 11.3 Å². The maximum Gasteiger partial charge on any atom is 0.310 e. The summed E-state index contributed by atoms with van der Waals surface area (Å²) in [5.41, 5.74) is 2.69. The number of hydrogen-bond acceptors (Lipinski definition) is 5. The van der Waals surface area contributed by atoms with Crippen molar-refractivity contribution in [2.45, 2.75) is 18.4 Å². The number of hydrogen-bond donors (Lipinski definition) is 3. The van der Waals surface area contributed by atoms with Crippen LogP contribution < -0.4 is 11.1 Å². The Morgan fingerprint density at radius 1 is 1.46 bits per heavy atom. The van der Waals surface area contributed by atoms with E-state index in [1.54, 1.807) is 0 Å². The van der Waals surface area contributed by atoms with E-state index >= 15 is 0 Å². The Morgan fingerprint density at radius 3 is 2.85 bits per heavy atom. The van der Waals surface area contributed by atoms with Crippen LogP contribution in [0.25, 0.3) is 0 Å². The van der Waals surface area contributed by atoms with E-state index in [1.165, 1.54) is 12.3 Å². The second-order valence-corrected chi connectivity index (χ2v) is 6.16. The average Bonchev–Trinajstić information content (AvgIpc) is 2.99. The van der Waals surface area contributed by atoms with Gasteiger partial charge in [-0.05, 0) is 25.1 Å². The van der Waals surface area contributed by atoms with Gasteiger partial charge in [-0.25, -0.2) is 9.38 Å². The summed E-state index contributed by atoms with van der Waals surface area (Å²) in [4.78, 5) is 15.8. The first-order valence-corrected chi connectivity index (χ1v) is 7.68. The average molecular weight is 388 g/mol. The van der Waals surface area contributed by atoms with Gasteiger partial charge in [0.15, 0.2) is 12.1 Å². The quantitative estimate of drug-likeness (QED) is 0.752. The molecule has 11 heteroatoms. The van der Waals surface area contributed by atoms with Crippen LogP contribution in [0.15, 0.2) is 29.4 Å². The number of amidine groups is 1. The highest BCUT2D eigenvalue weighted by Gasteiger charge is 2.56. The van der Waals surface area contributed by atoms with E-state index in [1.807, 2.05) is 0 Å². The second-order valence-electron chi connectivity index (χ2n) is 5.76. The van der Waals surface area contributed by atoms with Gasteiger partial charge in [0.2, 0.25) is 0 Å². The molecular weight excluding hydrogens is 375 g/mol. The number of nitrogens with two attached hydrogens (primary N) is 1. The molecule has 0 spiro atoms. The van der Waals surface area contributed by atoms with Crippen LogP contribution in [0.5, 0.6) is 0 Å². The van der Waals surface area contributed by atoms with Crippen molar-refractivity contribution in [3.63, 3.8) is 0 Å². The van der Waals surface area contributed by atoms with Crippen LogP contribution in [-0.4, -0.2) is 34.7 Å². The molecule has 138 valence electrons. The van der Waals surface area contributed by atoms with Gasteiger partial charge in [-0.1, -0.05) is 11.6 Å². The standard InChI is InChI=1S/C15H13ClF3N5O2/c1-14(15(18,19)6-26-13(20)23-14)8-4-7(2-3-10(8)17)22-12(25)11-9(16)5-21-24-11/h2-5H,6H2,1H3,(H2,20,23)(H,21,24)(H,22,25). The van der Waals surface area contributed by atoms with Crippen molar-refractivity contribution in [1.29, 1.82) is 0 Å². The predicted molar refractivity (Wildman–Crippen MR) is 87.8 cm³/mol. The zero-order chi connectivity index (χ0) is 19.1. The van der Waals surface area contributed by atoms with E-state index in [0.717, 1.165) is 19.1 Å². The minimum absolute atomic E-state index is 0.0255. The number of alkyl halides is 2. The number of anilines is 1. The summed E-state index contributed by atoms with van der Waals surface area (Å²) in [6.07, 6.45) is 1.23. The van der Waals surface area contributed by atoms with E-state index < -0.39 is 41.4 Å². The third-order valence-electron chi connectivity index (χ3n) is 4.02. The van der Waals surface area contributed by atoms with Crippen LogP contribution in [0.1, 0.15) is 23.0 Å². The zero-order valence-corrected chi connectivity index (χ0v) is 14.1. The van der Waals surface area contributed by atoms with Gasteiger partial charge in [0.05, 0.1) is 11.2 Å². The Morgan fingerprint density at radius 2 is 2.19 bits per heavy atom. The fraction of sp³-hybridized carbons (Fsp3) is 0.267. The Bertz CT molecular complexity index is 901. The summed E-state index contributed by atoms with van der Waals surface area (Å²) >= 11 is 5.80. The largest absolute Gasteiger partial charge is 0.459 e. The number of H-pyrrole nitrogens is 1. The number of benzene rings is 1. The number of aromatic nitrogens is 2. The van der Waals surface area contributed by atoms with Gasteiger partial charge in [0.1, 0.15) is 11.5 Å². The number of halogens is 4. The second kappa shape index (κ2) is 6.20. The van der Waals surface area contributed by atoms with Gasteiger partial charge < -0.3 is 15.8 Å². The predicted octanol–water partition coefficient (Wildman–Crippen LogP) is 2.65. The monoisotopic (exact) mass is 387 g/mol. The molecule has 0 fully saturated rings. The highest BCUT2D eigenvalue weighted by atomic mass is 35.5. The van der Waals surface area contributed by atoms with Crippen LogP contribution in [0.2, 0.25) is 5.02 Å². The van der Waals surface area contributed by atoms with Crippen molar-refractivity contribution in [2.75, 3.05) is 11.9 Å². The van der Waals surface area contributed by atoms with Gasteiger partial charge in [-0.2, -0.15) is 13.9 Å². The minimum Gasteiger partial charge on any atom is -0.459 e. The Balaban J connectivity index is 1.99. The lowest BCUT2D eigenvalue weighted by Gasteiger charge is -2.37. The summed E-state index contributed by atoms with van der Waals surface area (Å²) in [5.74, 6) is -5.12. The maximum absolute atomic E-state index is 14.4. The van der Waals surface area contributed by atoms with Gasteiger partial charge >= 0.3 is 5.92 Å². The number of ether oxygens (including phenoxy) is 1. The van der Waals surface area contributed by atoms with E-state index in [9.17, 15) is 18.0 Å². The smallest absolute Gasteiger partial charge is 0.310 e. The third-order valence-corrected chi connectivity index (χ3v) is 4.30. The fourth-order valence-corrected chi connectivity index (χ4v) is 2.67. The van der Waals surface area contributed by atoms with Crippen LogP contribution in [-0.2, 0) is 10.3 Å². The maximum atomic E-state index is 14.4. The van der Waals surface area contributed by atoms with Crippen molar-refractivity contribution >= 4 is 29.2 Å². The Kier molecular flexibility index (Phi) is 4.31. The first kappa shape index (κ1) is 18.1. The molecule has 2 heterocycles. The molecule has 1 aromatic heterocycles. The molecular formula is C15H13ClF3N5O2. The SMILES string of the molecule is CC1(c2cc(NC(=O)c3[nH]ncc3Cl)ccc2F)N=C(N)OCC1(F)F. The number of amides is 1. The first-order chi connectivity index (χ1) is 12.1. The number of aromatic amines is 1. The molecule has 1 unspecified atom stereocenters. The number of nitrogens with one attached hydrogen (secondary N) is 2. The summed E-state index contributed by atoms with van der Waals surface area (Å²) in [7, 11) is 0. The normalized spacial score (nSPS) is 21.7. The molecule has 0 radical (unpaired) electrons. The molecule has 3 rings (SSSR count). The molecule has 4 N–H and O–H groups in total. The van der Waals surface area contributed by atoms with Crippen molar-refractivity contribution in [3.8, 4) is 0 Å². The molecule has 1 atom stereocenters. The van der Waals surface area contributed by atoms with Crippen molar-refractivity contribution in [3.05, 3.63) is 46.5 Å². The molecule has 1 amide bonds. The van der Waals surface area contributed by atoms with E-state index in [4.69, 9.17) is 17.3 Å². The molecule has 0 saturated carbocycles. The lowest BCUT2D eigenvalue weighted by Crippen LogP contribution is -2.51. The topological polar surface area (TPSA) is 105 Å². The molecule has 1 aliphatic heterocycles. The minimum atomic E-state index is -3.52. The molecule has 0 aliphatic carbocycles. The van der Waals surface area contributed by atoms with E-state index in [2.05, 4.69) is 25.2 Å². The highest BCUT2D eigenvalue weighted by molar-refractivity contribution is 6.34. The number of nitrogens with zero attached hydrogens (tertiary/aromatic N) is 2. The van der Waals surface area contributed by atoms with Crippen LogP contribution in [0, 0.1) is 5.82 Å². The number of aliphatic imine (C=N–C) groups is 1. The Hall–Kier alpha value is -2.75. The lowest BCUT2D eigenvalue weighted by atomic mass is 9.85. The number of carbonyl (C=O) groups excluding carboxylic acids is 1. The summed E-state index contributed by atoms with van der Waals surface area (Å²) < 4.78 is 47.7. The van der Waals surface area contributed by atoms with Crippen LogP contribution >= 0.6 is 11.6 Å². The highest BCUT2D eigenvalue weighted by Crippen LogP contribution is 2.44. The van der Waals surface area contributed by atoms with E-state index in [-0.39, 0.29) is 16.4 Å². The third kappa shape index (κ3) is 2.96. The van der Waals surface area contributed by atoms with Crippen molar-refractivity contribution in [1.82, 2.24) is 10.2 Å². The van der Waals surface area contributed by atoms with Gasteiger partial charge in [-0.15, -0.1) is 0 Å². The molecule has 7 nitrogen and oxygen atoms in total. The number of carbonyl (C=O) groups is 1. The van der Waals surface area contributed by atoms with E-state index in [0.29, 0.717) is 0 Å². The molecule has 1 aliphatic rings. The number of rotatable bonds is 3. The fourth-order valence-electron chi connectivity index (χ4n) is 2.50. The van der Waals surface area contributed by atoms with Gasteiger partial charge in [0.25, 0.3) is 11.9 Å². The zero-order valence-electron chi connectivity index (χ0n) is 13.3. The van der Waals surface area contributed by atoms with Crippen molar-refractivity contribution < 1.29 is 22.7 Å². The van der Waals surface area contributed by atoms with Gasteiger partial charge in [-0.3, -0.25) is 9.89 Å². The van der Waals surface area contributed by atoms with Crippen molar-refractivity contribution in [2.24, 2.45) is 10.7 Å². The molecule has 0 saturated heterocycles. The molecule has 1 aromatic carbocycles. The lowest BCUT2D eigenvalue weighted by molar-refractivity contribution is -0.117. The summed E-state index contributed by atoms with van der Waals surface area (Å²) in [6, 6.07) is 2.75. The first-order valence-electron chi connectivity index (χ1n) is 7.30. The summed E-state index contributed by atoms with van der Waals surface area (Å²) in [6.45, 7) is -0.00321. The van der Waals surface area contributed by atoms with Crippen LogP contribution in [0.4, 0.5) is 18.9 Å². The summed E-state index contributed by atoms with van der Waals surface area (Å²) in [5, 5.41) is 8.51. The Labute approximate surface area is 150 Å². The molecule has 2 aromatic rings.